The molecule has 0 unspecified atom stereocenters. The lowest BCUT2D eigenvalue weighted by molar-refractivity contribution is -0.385. The number of hydrogen-bond acceptors (Lipinski definition) is 4. The van der Waals surface area contributed by atoms with E-state index in [0.717, 1.165) is 0 Å². The molecule has 1 heterocycles. The number of primary amides is 1. The van der Waals surface area contributed by atoms with Crippen molar-refractivity contribution in [3.05, 3.63) is 75.0 Å². The zero-order valence-corrected chi connectivity index (χ0v) is 13.6. The summed E-state index contributed by atoms with van der Waals surface area (Å²) in [5, 5.41) is 11.7. The van der Waals surface area contributed by atoms with Gasteiger partial charge in [-0.3, -0.25) is 24.3 Å². The largest absolute Gasteiger partial charge is 0.366 e. The Balaban J connectivity index is 2.30. The molecule has 2 N–H and O–H groups in total. The van der Waals surface area contributed by atoms with Crippen LogP contribution in [0.4, 0.5) is 5.69 Å². The van der Waals surface area contributed by atoms with Crippen LogP contribution in [-0.2, 0) is 0 Å². The Bertz CT molecular complexity index is 1050. The first-order chi connectivity index (χ1) is 11.8. The number of carbonyl (C=O) groups is 2. The van der Waals surface area contributed by atoms with Crippen molar-refractivity contribution in [3.8, 4) is 0 Å². The fourth-order valence-electron chi connectivity index (χ4n) is 3.11. The molecular formula is C18H15N3O4. The summed E-state index contributed by atoms with van der Waals surface area (Å²) in [4.78, 5) is 35.5. The topological polar surface area (TPSA) is 108 Å². The number of para-hydroxylation sites is 1. The highest BCUT2D eigenvalue weighted by atomic mass is 16.6. The Kier molecular flexibility index (Phi) is 3.84. The van der Waals surface area contributed by atoms with Crippen molar-refractivity contribution in [1.29, 1.82) is 0 Å². The van der Waals surface area contributed by atoms with E-state index in [1.54, 1.807) is 31.2 Å². The van der Waals surface area contributed by atoms with E-state index >= 15 is 0 Å². The summed E-state index contributed by atoms with van der Waals surface area (Å²) in [6.07, 6.45) is 0. The number of amides is 1. The molecule has 1 amide bonds. The summed E-state index contributed by atoms with van der Waals surface area (Å²) in [5.41, 5.74) is 7.03. The van der Waals surface area contributed by atoms with Gasteiger partial charge in [0.2, 0.25) is 0 Å². The molecule has 3 rings (SSSR count). The zero-order valence-electron chi connectivity index (χ0n) is 13.6. The Morgan fingerprint density at radius 1 is 1.08 bits per heavy atom. The van der Waals surface area contributed by atoms with E-state index in [1.807, 2.05) is 0 Å². The van der Waals surface area contributed by atoms with E-state index in [-0.39, 0.29) is 22.4 Å². The van der Waals surface area contributed by atoms with Gasteiger partial charge in [-0.2, -0.15) is 0 Å². The number of hydrogen-bond donors (Lipinski definition) is 1. The fraction of sp³-hybridized carbons (Fsp3) is 0.111. The maximum absolute atomic E-state index is 13.1. The van der Waals surface area contributed by atoms with Crippen LogP contribution < -0.4 is 5.73 Å². The van der Waals surface area contributed by atoms with Gasteiger partial charge in [0.05, 0.1) is 21.6 Å². The summed E-state index contributed by atoms with van der Waals surface area (Å²) in [7, 11) is 0. The Morgan fingerprint density at radius 3 is 2.40 bits per heavy atom. The van der Waals surface area contributed by atoms with Gasteiger partial charge in [0, 0.05) is 22.7 Å². The molecule has 0 saturated carbocycles. The second kappa shape index (κ2) is 5.86. The van der Waals surface area contributed by atoms with Gasteiger partial charge in [0.1, 0.15) is 0 Å². The average Bonchev–Trinajstić information content (AvgIpc) is 2.86. The number of nitro groups is 1. The summed E-state index contributed by atoms with van der Waals surface area (Å²) in [5.74, 6) is -1.07. The molecule has 0 spiro atoms. The molecule has 0 saturated heterocycles. The van der Waals surface area contributed by atoms with Crippen molar-refractivity contribution in [2.75, 3.05) is 0 Å². The SMILES string of the molecule is Cc1c(C(=O)n2c(C)c(C(N)=O)c3ccccc32)cccc1[N+](=O)[O-]. The minimum atomic E-state index is -0.629. The third-order valence-electron chi connectivity index (χ3n) is 4.29. The maximum atomic E-state index is 13.1. The maximum Gasteiger partial charge on any atom is 0.273 e. The smallest absolute Gasteiger partial charge is 0.273 e. The molecule has 0 atom stereocenters. The van der Waals surface area contributed by atoms with Crippen molar-refractivity contribution < 1.29 is 14.5 Å². The molecule has 0 fully saturated rings. The quantitative estimate of drug-likeness (QED) is 0.585. The van der Waals surface area contributed by atoms with Gasteiger partial charge in [-0.25, -0.2) is 0 Å². The number of aromatic nitrogens is 1. The highest BCUT2D eigenvalue weighted by Crippen LogP contribution is 2.28. The monoisotopic (exact) mass is 337 g/mol. The molecule has 0 aliphatic rings. The highest BCUT2D eigenvalue weighted by molar-refractivity contribution is 6.13. The Morgan fingerprint density at radius 2 is 1.76 bits per heavy atom. The van der Waals surface area contributed by atoms with Gasteiger partial charge in [-0.05, 0) is 26.0 Å². The number of nitrogens with zero attached hydrogens (tertiary/aromatic N) is 2. The second-order valence-electron chi connectivity index (χ2n) is 5.69. The highest BCUT2D eigenvalue weighted by Gasteiger charge is 2.25. The number of nitro benzene ring substituents is 1. The predicted octanol–water partition coefficient (Wildman–Crippen LogP) is 2.95. The van der Waals surface area contributed by atoms with Crippen LogP contribution in [0.1, 0.15) is 32.0 Å². The number of nitrogens with two attached hydrogens (primary N) is 1. The van der Waals surface area contributed by atoms with Gasteiger partial charge in [-0.1, -0.05) is 24.3 Å². The molecule has 2 aromatic carbocycles. The van der Waals surface area contributed by atoms with Crippen LogP contribution in [-0.4, -0.2) is 21.3 Å². The lowest BCUT2D eigenvalue weighted by Gasteiger charge is -2.10. The summed E-state index contributed by atoms with van der Waals surface area (Å²) in [6.45, 7) is 3.16. The first-order valence-electron chi connectivity index (χ1n) is 7.53. The van der Waals surface area contributed by atoms with Crippen LogP contribution in [0.25, 0.3) is 10.9 Å². The second-order valence-corrected chi connectivity index (χ2v) is 5.69. The molecule has 3 aromatic rings. The van der Waals surface area contributed by atoms with Crippen molar-refractivity contribution in [1.82, 2.24) is 4.57 Å². The van der Waals surface area contributed by atoms with E-state index in [1.165, 1.54) is 29.7 Å². The van der Waals surface area contributed by atoms with Gasteiger partial charge in [0.15, 0.2) is 0 Å². The van der Waals surface area contributed by atoms with Gasteiger partial charge in [-0.15, -0.1) is 0 Å². The van der Waals surface area contributed by atoms with Crippen molar-refractivity contribution in [3.63, 3.8) is 0 Å². The van der Waals surface area contributed by atoms with E-state index in [0.29, 0.717) is 16.6 Å². The summed E-state index contributed by atoms with van der Waals surface area (Å²) >= 11 is 0. The first-order valence-corrected chi connectivity index (χ1v) is 7.53. The molecule has 25 heavy (non-hydrogen) atoms. The first kappa shape index (κ1) is 16.4. The molecule has 0 bridgehead atoms. The van der Waals surface area contributed by atoms with Crippen molar-refractivity contribution in [2.45, 2.75) is 13.8 Å². The van der Waals surface area contributed by atoms with Crippen LogP contribution in [0.2, 0.25) is 0 Å². The molecule has 7 nitrogen and oxygen atoms in total. The zero-order chi connectivity index (χ0) is 18.3. The molecule has 0 aliphatic carbocycles. The molecule has 0 aliphatic heterocycles. The average molecular weight is 337 g/mol. The van der Waals surface area contributed by atoms with E-state index < -0.39 is 16.7 Å². The molecular weight excluding hydrogens is 322 g/mol. The van der Waals surface area contributed by atoms with Gasteiger partial charge in [0.25, 0.3) is 17.5 Å². The lowest BCUT2D eigenvalue weighted by Crippen LogP contribution is -2.17. The van der Waals surface area contributed by atoms with Crippen LogP contribution in [0.3, 0.4) is 0 Å². The molecule has 126 valence electrons. The van der Waals surface area contributed by atoms with Crippen molar-refractivity contribution in [2.24, 2.45) is 5.73 Å². The van der Waals surface area contributed by atoms with E-state index in [4.69, 9.17) is 5.73 Å². The minimum Gasteiger partial charge on any atom is -0.366 e. The minimum absolute atomic E-state index is 0.130. The molecule has 1 aromatic heterocycles. The lowest BCUT2D eigenvalue weighted by atomic mass is 10.1. The van der Waals surface area contributed by atoms with Crippen LogP contribution >= 0.6 is 0 Å². The van der Waals surface area contributed by atoms with Gasteiger partial charge < -0.3 is 5.73 Å². The van der Waals surface area contributed by atoms with Crippen LogP contribution in [0.15, 0.2) is 42.5 Å². The van der Waals surface area contributed by atoms with Crippen LogP contribution in [0.5, 0.6) is 0 Å². The Hall–Kier alpha value is -3.48. The van der Waals surface area contributed by atoms with Gasteiger partial charge >= 0.3 is 0 Å². The van der Waals surface area contributed by atoms with Crippen LogP contribution in [0, 0.1) is 24.0 Å². The number of carbonyl (C=O) groups excluding carboxylic acids is 2. The van der Waals surface area contributed by atoms with E-state index in [9.17, 15) is 19.7 Å². The number of rotatable bonds is 3. The predicted molar refractivity (Wildman–Crippen MR) is 92.8 cm³/mol. The third-order valence-corrected chi connectivity index (χ3v) is 4.29. The fourth-order valence-corrected chi connectivity index (χ4v) is 3.11. The summed E-state index contributed by atoms with van der Waals surface area (Å²) < 4.78 is 1.38. The standard InChI is InChI=1S/C18H15N3O4/c1-10-12(7-5-9-14(10)21(24)25)18(23)20-11(2)16(17(19)22)13-6-3-4-8-15(13)20/h3-9H,1-2H3,(H2,19,22). The third kappa shape index (κ3) is 2.46. The van der Waals surface area contributed by atoms with E-state index in [2.05, 4.69) is 0 Å². The normalized spacial score (nSPS) is 10.8. The summed E-state index contributed by atoms with van der Waals surface area (Å²) in [6, 6.07) is 11.3. The molecule has 0 radical (unpaired) electrons. The Labute approximate surface area is 142 Å². The van der Waals surface area contributed by atoms with Crippen molar-refractivity contribution >= 4 is 28.4 Å². The molecule has 7 heteroatoms. The number of fused-ring (bicyclic) bond motifs is 1. The number of benzene rings is 2.